The van der Waals surface area contributed by atoms with Gasteiger partial charge in [0.15, 0.2) is 5.76 Å². The van der Waals surface area contributed by atoms with Crippen LogP contribution in [0.2, 0.25) is 0 Å². The average Bonchev–Trinajstić information content (AvgIpc) is 3.30. The number of hydrogen-bond acceptors (Lipinski definition) is 6. The smallest absolute Gasteiger partial charge is 0.289 e. The van der Waals surface area contributed by atoms with Crippen LogP contribution in [0.1, 0.15) is 30.0 Å². The second kappa shape index (κ2) is 8.41. The number of carbonyl (C=O) groups excluding carboxylic acids is 2. The number of piperazine rings is 1. The Morgan fingerprint density at radius 2 is 2.10 bits per heavy atom. The van der Waals surface area contributed by atoms with Crippen LogP contribution in [0.25, 0.3) is 0 Å². The van der Waals surface area contributed by atoms with Gasteiger partial charge in [-0.3, -0.25) is 19.7 Å². The monoisotopic (exact) mass is 426 g/mol. The highest BCUT2D eigenvalue weighted by atomic mass is 16.6. The highest BCUT2D eigenvalue weighted by molar-refractivity contribution is 5.92. The molecule has 1 N–H and O–H groups in total. The molecule has 4 rings (SSSR count). The topological polar surface area (TPSA) is 109 Å². The van der Waals surface area contributed by atoms with Crippen molar-refractivity contribution >= 4 is 23.2 Å². The van der Waals surface area contributed by atoms with Gasteiger partial charge in [-0.1, -0.05) is 13.8 Å². The molecule has 1 aromatic heterocycles. The number of nitro groups is 1. The molecule has 2 amide bonds. The number of nitrogens with zero attached hydrogens (tertiary/aromatic N) is 3. The molecule has 1 fully saturated rings. The zero-order chi connectivity index (χ0) is 22.1. The molecule has 2 atom stereocenters. The van der Waals surface area contributed by atoms with E-state index in [9.17, 15) is 19.7 Å². The SMILES string of the molecule is CC(C)CNC(=O)[C@@H]1Cc2cc([N+](=O)[O-])ccc2N2CCN(C(=O)c3ccco3)C[C@@H]12. The van der Waals surface area contributed by atoms with E-state index in [-0.39, 0.29) is 29.3 Å². The Morgan fingerprint density at radius 1 is 1.29 bits per heavy atom. The number of amides is 2. The van der Waals surface area contributed by atoms with Gasteiger partial charge in [0.25, 0.3) is 11.6 Å². The molecule has 1 aromatic carbocycles. The van der Waals surface area contributed by atoms with E-state index in [0.717, 1.165) is 11.3 Å². The number of rotatable bonds is 5. The van der Waals surface area contributed by atoms with Gasteiger partial charge in [0.2, 0.25) is 5.91 Å². The highest BCUT2D eigenvalue weighted by Crippen LogP contribution is 2.38. The fourth-order valence-corrected chi connectivity index (χ4v) is 4.40. The molecule has 2 aromatic rings. The number of hydrogen-bond donors (Lipinski definition) is 1. The zero-order valence-electron chi connectivity index (χ0n) is 17.6. The van der Waals surface area contributed by atoms with Crippen molar-refractivity contribution in [2.24, 2.45) is 11.8 Å². The van der Waals surface area contributed by atoms with Gasteiger partial charge in [0.05, 0.1) is 23.1 Å². The fourth-order valence-electron chi connectivity index (χ4n) is 4.40. The molecule has 1 saturated heterocycles. The summed E-state index contributed by atoms with van der Waals surface area (Å²) in [4.78, 5) is 40.6. The molecule has 0 bridgehead atoms. The van der Waals surface area contributed by atoms with Crippen molar-refractivity contribution in [1.29, 1.82) is 0 Å². The molecular formula is C22H26N4O5. The summed E-state index contributed by atoms with van der Waals surface area (Å²) in [6, 6.07) is 7.91. The van der Waals surface area contributed by atoms with Gasteiger partial charge >= 0.3 is 0 Å². The molecule has 9 heteroatoms. The number of nitrogens with one attached hydrogen (secondary N) is 1. The van der Waals surface area contributed by atoms with E-state index in [2.05, 4.69) is 10.2 Å². The number of non-ortho nitro benzene ring substituents is 1. The number of nitro benzene ring substituents is 1. The maximum atomic E-state index is 13.1. The summed E-state index contributed by atoms with van der Waals surface area (Å²) < 4.78 is 5.27. The largest absolute Gasteiger partial charge is 0.459 e. The summed E-state index contributed by atoms with van der Waals surface area (Å²) >= 11 is 0. The fraction of sp³-hybridized carbons (Fsp3) is 0.455. The van der Waals surface area contributed by atoms with E-state index in [1.807, 2.05) is 13.8 Å². The Balaban J connectivity index is 1.64. The van der Waals surface area contributed by atoms with Crippen LogP contribution >= 0.6 is 0 Å². The Hall–Kier alpha value is -3.36. The Labute approximate surface area is 180 Å². The van der Waals surface area contributed by atoms with Crippen molar-refractivity contribution in [3.8, 4) is 0 Å². The summed E-state index contributed by atoms with van der Waals surface area (Å²) in [5, 5.41) is 14.3. The lowest BCUT2D eigenvalue weighted by atomic mass is 9.83. The summed E-state index contributed by atoms with van der Waals surface area (Å²) in [7, 11) is 0. The molecule has 0 radical (unpaired) electrons. The van der Waals surface area contributed by atoms with Crippen molar-refractivity contribution in [3.63, 3.8) is 0 Å². The third-order valence-corrected chi connectivity index (χ3v) is 5.95. The Morgan fingerprint density at radius 3 is 2.77 bits per heavy atom. The minimum atomic E-state index is -0.416. The van der Waals surface area contributed by atoms with Crippen molar-refractivity contribution in [3.05, 3.63) is 58.0 Å². The molecule has 0 unspecified atom stereocenters. The minimum Gasteiger partial charge on any atom is -0.459 e. The molecule has 9 nitrogen and oxygen atoms in total. The van der Waals surface area contributed by atoms with Crippen molar-refractivity contribution in [2.75, 3.05) is 31.1 Å². The van der Waals surface area contributed by atoms with Crippen molar-refractivity contribution < 1.29 is 18.9 Å². The van der Waals surface area contributed by atoms with Gasteiger partial charge in [-0.2, -0.15) is 0 Å². The maximum absolute atomic E-state index is 13.1. The van der Waals surface area contributed by atoms with E-state index in [1.165, 1.54) is 12.3 Å². The van der Waals surface area contributed by atoms with Crippen LogP contribution in [0.5, 0.6) is 0 Å². The van der Waals surface area contributed by atoms with Crippen LogP contribution in [0.15, 0.2) is 41.0 Å². The van der Waals surface area contributed by atoms with E-state index < -0.39 is 10.8 Å². The van der Waals surface area contributed by atoms with Gasteiger partial charge in [-0.15, -0.1) is 0 Å². The second-order valence-corrected chi connectivity index (χ2v) is 8.51. The molecule has 0 spiro atoms. The molecule has 2 aliphatic rings. The van der Waals surface area contributed by atoms with Gasteiger partial charge in [0.1, 0.15) is 0 Å². The highest BCUT2D eigenvalue weighted by Gasteiger charge is 2.43. The normalized spacial score (nSPS) is 20.2. The minimum absolute atomic E-state index is 0.0187. The molecule has 3 heterocycles. The number of carbonyl (C=O) groups is 2. The summed E-state index contributed by atoms with van der Waals surface area (Å²) in [5.74, 6) is -0.115. The average molecular weight is 426 g/mol. The van der Waals surface area contributed by atoms with Crippen molar-refractivity contribution in [2.45, 2.75) is 26.3 Å². The van der Waals surface area contributed by atoms with E-state index in [0.29, 0.717) is 38.5 Å². The molecular weight excluding hydrogens is 400 g/mol. The van der Waals surface area contributed by atoms with E-state index >= 15 is 0 Å². The van der Waals surface area contributed by atoms with Crippen LogP contribution in [0, 0.1) is 22.0 Å². The predicted molar refractivity (Wildman–Crippen MR) is 114 cm³/mol. The maximum Gasteiger partial charge on any atom is 0.289 e. The second-order valence-electron chi connectivity index (χ2n) is 8.51. The third kappa shape index (κ3) is 4.12. The number of anilines is 1. The first-order chi connectivity index (χ1) is 14.8. The van der Waals surface area contributed by atoms with Crippen molar-refractivity contribution in [1.82, 2.24) is 10.2 Å². The van der Waals surface area contributed by atoms with Crippen LogP contribution < -0.4 is 10.2 Å². The first kappa shape index (κ1) is 20.9. The van der Waals surface area contributed by atoms with Gasteiger partial charge in [-0.25, -0.2) is 0 Å². The molecule has 0 saturated carbocycles. The summed E-state index contributed by atoms with van der Waals surface area (Å²) in [6.45, 7) is 6.00. The van der Waals surface area contributed by atoms with Gasteiger partial charge in [0, 0.05) is 44.0 Å². The number of fused-ring (bicyclic) bond motifs is 3. The van der Waals surface area contributed by atoms with E-state index in [1.54, 1.807) is 29.2 Å². The van der Waals surface area contributed by atoms with E-state index in [4.69, 9.17) is 4.42 Å². The van der Waals surface area contributed by atoms with Crippen LogP contribution in [-0.2, 0) is 11.2 Å². The summed E-state index contributed by atoms with van der Waals surface area (Å²) in [6.07, 6.45) is 1.86. The number of furan rings is 1. The Bertz CT molecular complexity index is 988. The van der Waals surface area contributed by atoms with Crippen LogP contribution in [-0.4, -0.2) is 53.9 Å². The van der Waals surface area contributed by atoms with Gasteiger partial charge < -0.3 is 19.5 Å². The predicted octanol–water partition coefficient (Wildman–Crippen LogP) is 2.46. The lowest BCUT2D eigenvalue weighted by Crippen LogP contribution is -2.62. The lowest BCUT2D eigenvalue weighted by molar-refractivity contribution is -0.384. The zero-order valence-corrected chi connectivity index (χ0v) is 17.6. The molecule has 2 aliphatic heterocycles. The lowest BCUT2D eigenvalue weighted by Gasteiger charge is -2.48. The van der Waals surface area contributed by atoms with Crippen LogP contribution in [0.4, 0.5) is 11.4 Å². The standard InChI is InChI=1S/C22H26N4O5/c1-14(2)12-23-21(27)17-11-15-10-16(26(29)30)5-6-18(15)25-8-7-24(13-19(17)25)22(28)20-4-3-9-31-20/h3-6,9-10,14,17,19H,7-8,11-13H2,1-2H3,(H,23,27)/t17-,19+/m1/s1. The first-order valence-electron chi connectivity index (χ1n) is 10.5. The summed E-state index contributed by atoms with van der Waals surface area (Å²) in [5.41, 5.74) is 1.71. The van der Waals surface area contributed by atoms with Crippen LogP contribution in [0.3, 0.4) is 0 Å². The quantitative estimate of drug-likeness (QED) is 0.581. The molecule has 0 aliphatic carbocycles. The molecule has 31 heavy (non-hydrogen) atoms. The molecule has 164 valence electrons. The Kier molecular flexibility index (Phi) is 5.67. The van der Waals surface area contributed by atoms with Gasteiger partial charge in [-0.05, 0) is 36.1 Å². The first-order valence-corrected chi connectivity index (χ1v) is 10.5. The third-order valence-electron chi connectivity index (χ3n) is 5.95. The number of benzene rings is 1.